The van der Waals surface area contributed by atoms with Crippen molar-refractivity contribution in [3.05, 3.63) is 22.4 Å². The van der Waals surface area contributed by atoms with Crippen LogP contribution < -0.4 is 5.69 Å². The van der Waals surface area contributed by atoms with Crippen LogP contribution in [0.2, 0.25) is 0 Å². The van der Waals surface area contributed by atoms with Crippen molar-refractivity contribution in [2.75, 3.05) is 6.61 Å². The van der Waals surface area contributed by atoms with Crippen molar-refractivity contribution >= 4 is 17.4 Å². The summed E-state index contributed by atoms with van der Waals surface area (Å²) in [6.45, 7) is 3.96. The molecule has 0 saturated heterocycles. The van der Waals surface area contributed by atoms with Gasteiger partial charge in [0.25, 0.3) is 0 Å². The first-order chi connectivity index (χ1) is 8.11. The van der Waals surface area contributed by atoms with E-state index in [9.17, 15) is 4.79 Å². The molecule has 0 amide bonds. The maximum absolute atomic E-state index is 11.4. The molecule has 1 unspecified atom stereocenters. The van der Waals surface area contributed by atoms with Gasteiger partial charge in [-0.05, 0) is 13.3 Å². The van der Waals surface area contributed by atoms with E-state index in [0.29, 0.717) is 17.9 Å². The first kappa shape index (κ1) is 12.1. The molecule has 2 aromatic heterocycles. The number of hydrogen-bond acceptors (Lipinski definition) is 5. The second-order valence-electron chi connectivity index (χ2n) is 3.80. The van der Waals surface area contributed by atoms with Crippen LogP contribution in [0.3, 0.4) is 0 Å². The Kier molecular flexibility index (Phi) is 3.49. The molecule has 0 aliphatic rings. The lowest BCUT2D eigenvalue weighted by Gasteiger charge is -2.09. The maximum Gasteiger partial charge on any atom is 0.349 e. The third kappa shape index (κ3) is 2.50. The minimum atomic E-state index is -0.273. The zero-order valence-electron chi connectivity index (χ0n) is 9.67. The van der Waals surface area contributed by atoms with Crippen molar-refractivity contribution in [3.63, 3.8) is 0 Å². The highest BCUT2D eigenvalue weighted by Crippen LogP contribution is 2.23. The van der Waals surface area contributed by atoms with Gasteiger partial charge in [-0.3, -0.25) is 0 Å². The van der Waals surface area contributed by atoms with E-state index in [1.807, 2.05) is 6.92 Å². The normalized spacial score (nSPS) is 13.1. The number of aliphatic hydroxyl groups is 1. The SMILES string of the molecule is Cc1nc(SC(C)CCO)cc2n[nH]c(=O)n12. The third-order valence-electron chi connectivity index (χ3n) is 2.40. The van der Waals surface area contributed by atoms with Crippen molar-refractivity contribution in [2.24, 2.45) is 0 Å². The molecule has 2 rings (SSSR count). The van der Waals surface area contributed by atoms with Gasteiger partial charge in [-0.2, -0.15) is 5.10 Å². The number of hydrogen-bond donors (Lipinski definition) is 2. The Bertz CT molecular complexity index is 577. The molecule has 1 atom stereocenters. The lowest BCUT2D eigenvalue weighted by Crippen LogP contribution is -2.13. The Morgan fingerprint density at radius 3 is 3.12 bits per heavy atom. The van der Waals surface area contributed by atoms with Crippen LogP contribution in [0.5, 0.6) is 0 Å². The molecule has 6 nitrogen and oxygen atoms in total. The summed E-state index contributed by atoms with van der Waals surface area (Å²) in [6.07, 6.45) is 0.712. The van der Waals surface area contributed by atoms with E-state index in [1.54, 1.807) is 24.8 Å². The molecule has 0 saturated carbocycles. The molecule has 0 aliphatic carbocycles. The van der Waals surface area contributed by atoms with E-state index in [4.69, 9.17) is 5.11 Å². The third-order valence-corrected chi connectivity index (χ3v) is 3.49. The van der Waals surface area contributed by atoms with Gasteiger partial charge in [0.15, 0.2) is 5.65 Å². The molecular weight excluding hydrogens is 240 g/mol. The number of nitrogens with one attached hydrogen (secondary N) is 1. The number of aryl methyl sites for hydroxylation is 1. The van der Waals surface area contributed by atoms with Gasteiger partial charge in [-0.15, -0.1) is 11.8 Å². The van der Waals surface area contributed by atoms with Crippen molar-refractivity contribution in [2.45, 2.75) is 30.5 Å². The van der Waals surface area contributed by atoms with Gasteiger partial charge < -0.3 is 5.11 Å². The van der Waals surface area contributed by atoms with Crippen LogP contribution in [0.15, 0.2) is 15.9 Å². The summed E-state index contributed by atoms with van der Waals surface area (Å²) < 4.78 is 1.43. The van der Waals surface area contributed by atoms with Gasteiger partial charge in [0.2, 0.25) is 0 Å². The Labute approximate surface area is 102 Å². The lowest BCUT2D eigenvalue weighted by molar-refractivity contribution is 0.289. The van der Waals surface area contributed by atoms with Gasteiger partial charge in [-0.1, -0.05) is 6.92 Å². The smallest absolute Gasteiger partial charge is 0.349 e. The average Bonchev–Trinajstić information content (AvgIpc) is 2.60. The Hall–Kier alpha value is -1.34. The second-order valence-corrected chi connectivity index (χ2v) is 5.26. The predicted molar refractivity (Wildman–Crippen MR) is 65.4 cm³/mol. The van der Waals surface area contributed by atoms with Gasteiger partial charge in [0, 0.05) is 17.9 Å². The first-order valence-electron chi connectivity index (χ1n) is 5.34. The summed E-state index contributed by atoms with van der Waals surface area (Å²) in [4.78, 5) is 15.7. The summed E-state index contributed by atoms with van der Waals surface area (Å²) in [5.41, 5.74) is 0.297. The number of nitrogens with zero attached hydrogens (tertiary/aromatic N) is 3. The van der Waals surface area contributed by atoms with Gasteiger partial charge in [-0.25, -0.2) is 19.3 Å². The van der Waals surface area contributed by atoms with E-state index in [1.165, 1.54) is 4.40 Å². The quantitative estimate of drug-likeness (QED) is 0.616. The molecule has 0 spiro atoms. The number of aromatic nitrogens is 4. The van der Waals surface area contributed by atoms with E-state index < -0.39 is 0 Å². The largest absolute Gasteiger partial charge is 0.396 e. The zero-order chi connectivity index (χ0) is 12.4. The van der Waals surface area contributed by atoms with Crippen molar-refractivity contribution in [1.29, 1.82) is 0 Å². The molecule has 0 aliphatic heterocycles. The molecule has 17 heavy (non-hydrogen) atoms. The Morgan fingerprint density at radius 1 is 1.65 bits per heavy atom. The zero-order valence-corrected chi connectivity index (χ0v) is 10.5. The molecule has 0 bridgehead atoms. The number of H-pyrrole nitrogens is 1. The van der Waals surface area contributed by atoms with E-state index in [2.05, 4.69) is 15.2 Å². The van der Waals surface area contributed by atoms with Crippen LogP contribution in [0.25, 0.3) is 5.65 Å². The van der Waals surface area contributed by atoms with Crippen LogP contribution in [0.1, 0.15) is 19.2 Å². The number of aliphatic hydroxyl groups excluding tert-OH is 1. The highest BCUT2D eigenvalue weighted by Gasteiger charge is 2.10. The fraction of sp³-hybridized carbons (Fsp3) is 0.500. The Balaban J connectivity index is 2.34. The summed E-state index contributed by atoms with van der Waals surface area (Å²) in [7, 11) is 0. The molecule has 0 aromatic carbocycles. The standard InChI is InChI=1S/C10H14N4O2S/c1-6(3-4-15)17-9-5-8-12-13-10(16)14(8)7(2)11-9/h5-6,15H,3-4H2,1-2H3,(H,13,16). The monoisotopic (exact) mass is 254 g/mol. The second kappa shape index (κ2) is 4.89. The summed E-state index contributed by atoms with van der Waals surface area (Å²) >= 11 is 1.57. The van der Waals surface area contributed by atoms with Crippen LogP contribution in [-0.4, -0.2) is 36.5 Å². The molecule has 0 radical (unpaired) electrons. The lowest BCUT2D eigenvalue weighted by atomic mass is 10.3. The van der Waals surface area contributed by atoms with Gasteiger partial charge in [0.05, 0.1) is 0 Å². The molecular formula is C10H14N4O2S. The predicted octanol–water partition coefficient (Wildman–Crippen LogP) is 0.589. The fourth-order valence-electron chi connectivity index (χ4n) is 1.58. The molecule has 2 aromatic rings. The van der Waals surface area contributed by atoms with Crippen molar-refractivity contribution in [3.8, 4) is 0 Å². The van der Waals surface area contributed by atoms with Crippen molar-refractivity contribution < 1.29 is 5.11 Å². The van der Waals surface area contributed by atoms with Crippen LogP contribution >= 0.6 is 11.8 Å². The summed E-state index contributed by atoms with van der Waals surface area (Å²) in [5.74, 6) is 0.611. The minimum absolute atomic E-state index is 0.164. The van der Waals surface area contributed by atoms with Crippen molar-refractivity contribution in [1.82, 2.24) is 19.6 Å². The molecule has 2 N–H and O–H groups in total. The maximum atomic E-state index is 11.4. The van der Waals surface area contributed by atoms with E-state index >= 15 is 0 Å². The average molecular weight is 254 g/mol. The van der Waals surface area contributed by atoms with E-state index in [-0.39, 0.29) is 17.5 Å². The summed E-state index contributed by atoms with van der Waals surface area (Å²) in [6, 6.07) is 1.77. The van der Waals surface area contributed by atoms with Crippen LogP contribution in [0.4, 0.5) is 0 Å². The van der Waals surface area contributed by atoms with E-state index in [0.717, 1.165) is 5.03 Å². The highest BCUT2D eigenvalue weighted by molar-refractivity contribution is 7.99. The number of fused-ring (bicyclic) bond motifs is 1. The number of thioether (sulfide) groups is 1. The fourth-order valence-corrected chi connectivity index (χ4v) is 2.57. The van der Waals surface area contributed by atoms with Crippen LogP contribution in [0, 0.1) is 6.92 Å². The van der Waals surface area contributed by atoms with Gasteiger partial charge >= 0.3 is 5.69 Å². The highest BCUT2D eigenvalue weighted by atomic mass is 32.2. The number of rotatable bonds is 4. The number of aromatic amines is 1. The molecule has 7 heteroatoms. The van der Waals surface area contributed by atoms with Gasteiger partial charge in [0.1, 0.15) is 10.9 Å². The molecule has 0 fully saturated rings. The Morgan fingerprint density at radius 2 is 2.41 bits per heavy atom. The minimum Gasteiger partial charge on any atom is -0.396 e. The topological polar surface area (TPSA) is 83.3 Å². The summed E-state index contributed by atoms with van der Waals surface area (Å²) in [5, 5.41) is 16.2. The molecule has 92 valence electrons. The molecule has 2 heterocycles. The first-order valence-corrected chi connectivity index (χ1v) is 6.22. The van der Waals surface area contributed by atoms with Crippen LogP contribution in [-0.2, 0) is 0 Å².